The number of carboxylic acid groups (broad SMARTS) is 1. The van der Waals surface area contributed by atoms with Gasteiger partial charge in [-0.1, -0.05) is 34.6 Å². The van der Waals surface area contributed by atoms with Crippen molar-refractivity contribution >= 4 is 17.8 Å². The van der Waals surface area contributed by atoms with Crippen LogP contribution >= 0.6 is 0 Å². The summed E-state index contributed by atoms with van der Waals surface area (Å²) >= 11 is 0. The van der Waals surface area contributed by atoms with Gasteiger partial charge in [-0.25, -0.2) is 4.79 Å². The lowest BCUT2D eigenvalue weighted by Crippen LogP contribution is -2.60. The summed E-state index contributed by atoms with van der Waals surface area (Å²) in [7, 11) is 1.65. The maximum absolute atomic E-state index is 12.9. The van der Waals surface area contributed by atoms with Gasteiger partial charge in [-0.2, -0.15) is 0 Å². The maximum atomic E-state index is 12.9. The van der Waals surface area contributed by atoms with Crippen LogP contribution in [0.25, 0.3) is 0 Å². The summed E-state index contributed by atoms with van der Waals surface area (Å²) in [4.78, 5) is 40.5. The molecule has 0 bridgehead atoms. The van der Waals surface area contributed by atoms with E-state index in [1.54, 1.807) is 14.0 Å². The Bertz CT molecular complexity index is 1400. The molecule has 0 aromatic rings. The molecule has 294 valence electrons. The van der Waals surface area contributed by atoms with Gasteiger partial charge in [-0.3, -0.25) is 9.59 Å². The number of carboxylic acids is 1. The topological polar surface area (TPSA) is 126 Å². The van der Waals surface area contributed by atoms with Crippen LogP contribution in [-0.4, -0.2) is 102 Å². The number of aliphatic hydroxyl groups excluding tert-OH is 1. The van der Waals surface area contributed by atoms with Crippen LogP contribution in [-0.2, 0) is 28.6 Å². The second kappa shape index (κ2) is 13.5. The number of aliphatic hydroxyl groups is 1. The van der Waals surface area contributed by atoms with E-state index in [1.807, 2.05) is 4.90 Å². The minimum Gasteiger partial charge on any atom is -0.480 e. The summed E-state index contributed by atoms with van der Waals surface area (Å²) in [5.41, 5.74) is 0.342. The van der Waals surface area contributed by atoms with E-state index in [0.29, 0.717) is 61.6 Å². The Kier molecular flexibility index (Phi) is 9.98. The molecular weight excluding hydrogens is 660 g/mol. The van der Waals surface area contributed by atoms with E-state index in [4.69, 9.17) is 14.2 Å². The van der Waals surface area contributed by atoms with Gasteiger partial charge in [0.2, 0.25) is 11.8 Å². The minimum absolute atomic E-state index is 0.00949. The molecule has 52 heavy (non-hydrogen) atoms. The third-order valence-corrected chi connectivity index (χ3v) is 17.3. The summed E-state index contributed by atoms with van der Waals surface area (Å²) in [6.07, 6.45) is 11.7. The van der Waals surface area contributed by atoms with Gasteiger partial charge >= 0.3 is 5.97 Å². The molecule has 10 nitrogen and oxygen atoms in total. The van der Waals surface area contributed by atoms with Gasteiger partial charge in [0, 0.05) is 39.0 Å². The number of carbonyl (C=O) groups is 3. The third-order valence-electron chi connectivity index (χ3n) is 17.3. The van der Waals surface area contributed by atoms with Crippen LogP contribution in [0.1, 0.15) is 126 Å². The zero-order valence-electron chi connectivity index (χ0n) is 33.3. The third kappa shape index (κ3) is 5.89. The maximum Gasteiger partial charge on any atom is 0.326 e. The van der Waals surface area contributed by atoms with Crippen LogP contribution in [0.4, 0.5) is 0 Å². The summed E-state index contributed by atoms with van der Waals surface area (Å²) in [6.45, 7) is 17.0. The predicted octanol–water partition coefficient (Wildman–Crippen LogP) is 6.13. The second-order valence-corrected chi connectivity index (χ2v) is 19.8. The van der Waals surface area contributed by atoms with Crippen molar-refractivity contribution in [1.29, 1.82) is 0 Å². The molecule has 6 saturated carbocycles. The monoisotopic (exact) mass is 728 g/mol. The molecule has 1 saturated heterocycles. The number of fused-ring (bicyclic) bond motifs is 2. The zero-order chi connectivity index (χ0) is 37.6. The minimum atomic E-state index is -1.02. The van der Waals surface area contributed by atoms with Crippen LogP contribution in [0.3, 0.4) is 0 Å². The summed E-state index contributed by atoms with van der Waals surface area (Å²) in [5, 5.41) is 21.8. The molecule has 7 rings (SSSR count). The second-order valence-electron chi connectivity index (χ2n) is 19.8. The van der Waals surface area contributed by atoms with Crippen molar-refractivity contribution in [1.82, 2.24) is 9.80 Å². The van der Waals surface area contributed by atoms with E-state index in [9.17, 15) is 24.6 Å². The number of methoxy groups -OCH3 is 1. The van der Waals surface area contributed by atoms with E-state index in [0.717, 1.165) is 32.1 Å². The van der Waals surface area contributed by atoms with Crippen molar-refractivity contribution in [2.75, 3.05) is 33.4 Å². The van der Waals surface area contributed by atoms with Gasteiger partial charge in [-0.15, -0.1) is 0 Å². The van der Waals surface area contributed by atoms with Crippen molar-refractivity contribution in [3.05, 3.63) is 0 Å². The number of morpholine rings is 1. The molecule has 7 aliphatic rings. The van der Waals surface area contributed by atoms with E-state index >= 15 is 0 Å². The van der Waals surface area contributed by atoms with Crippen LogP contribution in [0, 0.1) is 56.7 Å². The highest BCUT2D eigenvalue weighted by molar-refractivity contribution is 5.82. The molecule has 2 spiro atoms. The van der Waals surface area contributed by atoms with Crippen LogP contribution in [0.15, 0.2) is 0 Å². The average Bonchev–Trinajstić information content (AvgIpc) is 4.02. The van der Waals surface area contributed by atoms with Crippen molar-refractivity contribution < 1.29 is 38.8 Å². The van der Waals surface area contributed by atoms with Crippen LogP contribution < -0.4 is 0 Å². The summed E-state index contributed by atoms with van der Waals surface area (Å²) in [6, 6.07) is -0.917. The smallest absolute Gasteiger partial charge is 0.326 e. The fourth-order valence-corrected chi connectivity index (χ4v) is 14.1. The van der Waals surface area contributed by atoms with Crippen molar-refractivity contribution in [3.63, 3.8) is 0 Å². The summed E-state index contributed by atoms with van der Waals surface area (Å²) < 4.78 is 18.9. The molecular formula is C42H68N2O8. The molecule has 13 atom stereocenters. The van der Waals surface area contributed by atoms with E-state index in [-0.39, 0.29) is 70.5 Å². The lowest BCUT2D eigenvalue weighted by Gasteiger charge is -2.64. The molecule has 7 fully saturated rings. The van der Waals surface area contributed by atoms with E-state index < -0.39 is 12.0 Å². The predicted molar refractivity (Wildman–Crippen MR) is 196 cm³/mol. The Morgan fingerprint density at radius 3 is 2.33 bits per heavy atom. The van der Waals surface area contributed by atoms with Gasteiger partial charge < -0.3 is 34.2 Å². The van der Waals surface area contributed by atoms with Gasteiger partial charge in [-0.05, 0) is 129 Å². The fourth-order valence-electron chi connectivity index (χ4n) is 14.1. The first-order valence-electron chi connectivity index (χ1n) is 20.7. The Hall–Kier alpha value is -1.75. The molecule has 6 aliphatic carbocycles. The average molecular weight is 729 g/mol. The fraction of sp³-hybridized carbons (Fsp3) is 0.929. The Labute approximate surface area is 312 Å². The van der Waals surface area contributed by atoms with E-state index in [2.05, 4.69) is 34.6 Å². The first-order valence-corrected chi connectivity index (χ1v) is 20.7. The standard InChI is InChI=1S/C42H68N2O8/c1-25(19-29(50-8)22-44(27(3)45)26(2)37(48)49)30-21-33(46)40(7)32-12-11-31-38(4,5)34(13-14-41(31)24-42(32,41)16-15-39(30,40)6)52-36-23-43(17-18-51-36)35(47)20-28-9-10-28/h25-26,28-34,36,46H,9-24H2,1-8H3,(H,48,49)/t25-,26?,29?,30-,31?,32?,33+,34?,36+,39?,40-,41?,42?/m1/s1. The first-order chi connectivity index (χ1) is 24.4. The number of nitrogens with zero attached hydrogens (tertiary/aromatic N) is 2. The largest absolute Gasteiger partial charge is 0.480 e. The van der Waals surface area contributed by atoms with Crippen molar-refractivity contribution in [3.8, 4) is 0 Å². The highest BCUT2D eigenvalue weighted by atomic mass is 16.7. The lowest BCUT2D eigenvalue weighted by molar-refractivity contribution is -0.248. The highest BCUT2D eigenvalue weighted by Gasteiger charge is 2.83. The SMILES string of the molecule is COC(C[C@@H](C)[C@H]1C[C@H](O)[C@@]2(C)C3CCC4C(C)(C)C(O[C@H]5CN(C(=O)CC6CC6)CCO5)CCC45CC35CCC12C)CN(C(C)=O)C(C)C(=O)O. The molecule has 1 aliphatic heterocycles. The number of carbonyl (C=O) groups excluding carboxylic acids is 2. The zero-order valence-corrected chi connectivity index (χ0v) is 33.3. The number of hydrogen-bond donors (Lipinski definition) is 2. The van der Waals surface area contributed by atoms with Crippen molar-refractivity contribution in [2.24, 2.45) is 56.7 Å². The van der Waals surface area contributed by atoms with Gasteiger partial charge in [0.25, 0.3) is 0 Å². The molecule has 0 aromatic heterocycles. The summed E-state index contributed by atoms with van der Waals surface area (Å²) in [5.74, 6) is 1.15. The van der Waals surface area contributed by atoms with Crippen LogP contribution in [0.5, 0.6) is 0 Å². The first kappa shape index (κ1) is 38.5. The Morgan fingerprint density at radius 2 is 1.67 bits per heavy atom. The molecule has 2 amide bonds. The number of ether oxygens (including phenoxy) is 3. The molecule has 0 aromatic carbocycles. The number of rotatable bonds is 12. The van der Waals surface area contributed by atoms with Gasteiger partial charge in [0.05, 0.1) is 31.5 Å². The highest BCUT2D eigenvalue weighted by Crippen LogP contribution is 2.89. The molecule has 1 heterocycles. The number of hydrogen-bond acceptors (Lipinski definition) is 7. The molecule has 8 unspecified atom stereocenters. The van der Waals surface area contributed by atoms with Crippen molar-refractivity contribution in [2.45, 2.75) is 156 Å². The molecule has 0 radical (unpaired) electrons. The number of aliphatic carboxylic acids is 1. The van der Waals surface area contributed by atoms with Crippen LogP contribution in [0.2, 0.25) is 0 Å². The quantitative estimate of drug-likeness (QED) is 0.246. The van der Waals surface area contributed by atoms with E-state index in [1.165, 1.54) is 43.9 Å². The van der Waals surface area contributed by atoms with Gasteiger partial charge in [0.1, 0.15) is 6.04 Å². The Balaban J connectivity index is 1.04. The Morgan fingerprint density at radius 1 is 0.981 bits per heavy atom. The molecule has 2 N–H and O–H groups in total. The normalized spacial score (nSPS) is 43.6. The number of amides is 2. The lowest BCUT2D eigenvalue weighted by atomic mass is 9.41. The van der Waals surface area contributed by atoms with Gasteiger partial charge in [0.15, 0.2) is 6.29 Å². The molecule has 10 heteroatoms.